The molecule has 146 valence electrons. The Bertz CT molecular complexity index is 915. The molecule has 0 radical (unpaired) electrons. The van der Waals surface area contributed by atoms with Gasteiger partial charge in [-0.1, -0.05) is 12.5 Å². The lowest BCUT2D eigenvalue weighted by atomic mass is 9.71. The maximum absolute atomic E-state index is 13.3. The number of nitrogens with zero attached hydrogens (tertiary/aromatic N) is 4. The highest BCUT2D eigenvalue weighted by Gasteiger charge is 2.50. The molecule has 1 N–H and O–H groups in total. The first-order valence-electron chi connectivity index (χ1n) is 9.82. The topological polar surface area (TPSA) is 88.1 Å². The number of nitrogens with one attached hydrogen (secondary N) is 1. The number of hydrogen-bond donors (Lipinski definition) is 1. The highest BCUT2D eigenvalue weighted by atomic mass is 16.2. The van der Waals surface area contributed by atoms with E-state index in [9.17, 15) is 9.59 Å². The molecule has 2 fully saturated rings. The Kier molecular flexibility index (Phi) is 4.83. The fourth-order valence-corrected chi connectivity index (χ4v) is 4.46. The van der Waals surface area contributed by atoms with Gasteiger partial charge in [0.05, 0.1) is 17.3 Å². The van der Waals surface area contributed by atoms with Crippen LogP contribution < -0.4 is 10.2 Å². The Morgan fingerprint density at radius 1 is 1.18 bits per heavy atom. The Morgan fingerprint density at radius 2 is 2.04 bits per heavy atom. The molecule has 2 aromatic rings. The lowest BCUT2D eigenvalue weighted by Crippen LogP contribution is -2.46. The molecule has 0 bridgehead atoms. The Morgan fingerprint density at radius 3 is 2.82 bits per heavy atom. The van der Waals surface area contributed by atoms with Gasteiger partial charge in [-0.25, -0.2) is 9.97 Å². The number of pyridine rings is 1. The summed E-state index contributed by atoms with van der Waals surface area (Å²) in [5, 5.41) is 3.10. The maximum atomic E-state index is 13.3. The predicted molar refractivity (Wildman–Crippen MR) is 105 cm³/mol. The van der Waals surface area contributed by atoms with Crippen LogP contribution >= 0.6 is 0 Å². The van der Waals surface area contributed by atoms with Crippen molar-refractivity contribution in [2.45, 2.75) is 52.0 Å². The van der Waals surface area contributed by atoms with Crippen molar-refractivity contribution in [1.29, 1.82) is 0 Å². The summed E-state index contributed by atoms with van der Waals surface area (Å²) in [6.45, 7) is 4.39. The zero-order chi connectivity index (χ0) is 19.7. The van der Waals surface area contributed by atoms with Gasteiger partial charge in [0, 0.05) is 24.5 Å². The molecule has 1 aliphatic carbocycles. The largest absolute Gasteiger partial charge is 0.348 e. The number of hydrogen-bond acceptors (Lipinski definition) is 5. The Balaban J connectivity index is 1.47. The quantitative estimate of drug-likeness (QED) is 0.886. The summed E-state index contributed by atoms with van der Waals surface area (Å²) < 4.78 is 0. The van der Waals surface area contributed by atoms with Crippen molar-refractivity contribution >= 4 is 17.6 Å². The second-order valence-corrected chi connectivity index (χ2v) is 7.94. The number of aryl methyl sites for hydroxylation is 2. The summed E-state index contributed by atoms with van der Waals surface area (Å²) in [6, 6.07) is 5.41. The minimum absolute atomic E-state index is 0.0175. The fourth-order valence-electron chi connectivity index (χ4n) is 4.46. The van der Waals surface area contributed by atoms with E-state index >= 15 is 0 Å². The van der Waals surface area contributed by atoms with Gasteiger partial charge in [0.15, 0.2) is 5.82 Å². The molecule has 4 rings (SSSR count). The molecular formula is C21H25N5O2. The number of carbonyl (C=O) groups excluding carboxylic acids is 2. The Hall–Kier alpha value is -2.83. The molecule has 2 aliphatic rings. The van der Waals surface area contributed by atoms with Gasteiger partial charge in [-0.3, -0.25) is 19.5 Å². The minimum atomic E-state index is -0.415. The predicted octanol–water partition coefficient (Wildman–Crippen LogP) is 2.58. The number of amides is 2. The van der Waals surface area contributed by atoms with Crippen molar-refractivity contribution in [3.8, 4) is 0 Å². The van der Waals surface area contributed by atoms with Crippen LogP contribution in [0.2, 0.25) is 0 Å². The number of anilines is 1. The molecule has 1 spiro atoms. The van der Waals surface area contributed by atoms with Crippen LogP contribution in [-0.2, 0) is 4.79 Å². The number of rotatable bonds is 3. The van der Waals surface area contributed by atoms with Gasteiger partial charge in [0.2, 0.25) is 5.91 Å². The molecule has 1 aliphatic heterocycles. The second-order valence-electron chi connectivity index (χ2n) is 7.94. The molecule has 0 aromatic carbocycles. The van der Waals surface area contributed by atoms with Crippen LogP contribution in [0.15, 0.2) is 30.6 Å². The molecule has 2 atom stereocenters. The van der Waals surface area contributed by atoms with Crippen LogP contribution in [0.4, 0.5) is 5.82 Å². The van der Waals surface area contributed by atoms with Crippen molar-refractivity contribution in [1.82, 2.24) is 20.3 Å². The smallest absolute Gasteiger partial charge is 0.270 e. The summed E-state index contributed by atoms with van der Waals surface area (Å²) in [5.74, 6) is 0.564. The third kappa shape index (κ3) is 3.48. The highest BCUT2D eigenvalue weighted by molar-refractivity contribution is 5.99. The normalized spacial score (nSPS) is 24.6. The van der Waals surface area contributed by atoms with Crippen molar-refractivity contribution in [3.63, 3.8) is 0 Å². The first-order chi connectivity index (χ1) is 13.5. The Labute approximate surface area is 164 Å². The van der Waals surface area contributed by atoms with Crippen molar-refractivity contribution in [2.75, 3.05) is 11.4 Å². The number of carbonyl (C=O) groups is 2. The van der Waals surface area contributed by atoms with Crippen LogP contribution in [0.3, 0.4) is 0 Å². The second kappa shape index (κ2) is 7.30. The molecule has 0 unspecified atom stereocenters. The van der Waals surface area contributed by atoms with Crippen LogP contribution in [0, 0.1) is 19.3 Å². The number of aromatic nitrogens is 3. The first-order valence-corrected chi connectivity index (χ1v) is 9.82. The standard InChI is InChI=1S/C21H25N5O2/c1-14-5-3-7-17(23-14)19(27)25-16-6-4-8-21(11-16)9-10-26(20(21)28)18-13-22-12-15(2)24-18/h3,5,7,12-13,16H,4,6,8-11H2,1-2H3,(H,25,27)/t16-,21-/m0/s1. The third-order valence-corrected chi connectivity index (χ3v) is 5.83. The molecule has 3 heterocycles. The average Bonchev–Trinajstić information content (AvgIpc) is 2.97. The molecule has 7 heteroatoms. The summed E-state index contributed by atoms with van der Waals surface area (Å²) in [6.07, 6.45) is 7.45. The SMILES string of the molecule is Cc1cccc(C(=O)N[C@H]2CCC[C@]3(CCN(c4cncc(C)n4)C3=O)C2)n1. The van der Waals surface area contributed by atoms with E-state index in [-0.39, 0.29) is 17.9 Å². The highest BCUT2D eigenvalue weighted by Crippen LogP contribution is 2.45. The van der Waals surface area contributed by atoms with E-state index in [4.69, 9.17) is 0 Å². The van der Waals surface area contributed by atoms with E-state index in [0.29, 0.717) is 24.5 Å². The minimum Gasteiger partial charge on any atom is -0.348 e. The zero-order valence-electron chi connectivity index (χ0n) is 16.3. The molecular weight excluding hydrogens is 354 g/mol. The fraction of sp³-hybridized carbons (Fsp3) is 0.476. The summed E-state index contributed by atoms with van der Waals surface area (Å²) in [7, 11) is 0. The molecule has 28 heavy (non-hydrogen) atoms. The summed E-state index contributed by atoms with van der Waals surface area (Å²) in [4.78, 5) is 40.6. The molecule has 1 saturated carbocycles. The summed E-state index contributed by atoms with van der Waals surface area (Å²) >= 11 is 0. The van der Waals surface area contributed by atoms with Crippen LogP contribution in [0.25, 0.3) is 0 Å². The van der Waals surface area contributed by atoms with E-state index in [1.807, 2.05) is 26.0 Å². The third-order valence-electron chi connectivity index (χ3n) is 5.83. The van der Waals surface area contributed by atoms with Crippen LogP contribution in [0.1, 0.15) is 54.0 Å². The zero-order valence-corrected chi connectivity index (χ0v) is 16.3. The molecule has 1 saturated heterocycles. The van der Waals surface area contributed by atoms with Gasteiger partial charge < -0.3 is 5.32 Å². The van der Waals surface area contributed by atoms with E-state index in [1.54, 1.807) is 23.4 Å². The van der Waals surface area contributed by atoms with Gasteiger partial charge >= 0.3 is 0 Å². The van der Waals surface area contributed by atoms with Gasteiger partial charge in [-0.15, -0.1) is 0 Å². The summed E-state index contributed by atoms with van der Waals surface area (Å²) in [5.41, 5.74) is 1.62. The van der Waals surface area contributed by atoms with Gasteiger partial charge in [0.1, 0.15) is 5.69 Å². The van der Waals surface area contributed by atoms with E-state index < -0.39 is 5.41 Å². The van der Waals surface area contributed by atoms with Crippen LogP contribution in [0.5, 0.6) is 0 Å². The molecule has 2 aromatic heterocycles. The average molecular weight is 379 g/mol. The first kappa shape index (κ1) is 18.5. The van der Waals surface area contributed by atoms with Crippen LogP contribution in [-0.4, -0.2) is 39.4 Å². The van der Waals surface area contributed by atoms with E-state index in [2.05, 4.69) is 20.3 Å². The van der Waals surface area contributed by atoms with Crippen molar-refractivity contribution in [3.05, 3.63) is 47.7 Å². The monoisotopic (exact) mass is 379 g/mol. The van der Waals surface area contributed by atoms with E-state index in [1.165, 1.54) is 0 Å². The van der Waals surface area contributed by atoms with Crippen molar-refractivity contribution < 1.29 is 9.59 Å². The molecule has 2 amide bonds. The van der Waals surface area contributed by atoms with Gasteiger partial charge in [-0.05, 0) is 51.7 Å². The van der Waals surface area contributed by atoms with Gasteiger partial charge in [-0.2, -0.15) is 0 Å². The lowest BCUT2D eigenvalue weighted by Gasteiger charge is -2.36. The van der Waals surface area contributed by atoms with Crippen molar-refractivity contribution in [2.24, 2.45) is 5.41 Å². The molecule has 7 nitrogen and oxygen atoms in total. The van der Waals surface area contributed by atoms with Gasteiger partial charge in [0.25, 0.3) is 5.91 Å². The lowest BCUT2D eigenvalue weighted by molar-refractivity contribution is -0.127. The maximum Gasteiger partial charge on any atom is 0.270 e. The van der Waals surface area contributed by atoms with E-state index in [0.717, 1.165) is 37.1 Å².